The van der Waals surface area contributed by atoms with E-state index in [4.69, 9.17) is 16.3 Å². The molecule has 0 aromatic heterocycles. The molecule has 0 saturated carbocycles. The van der Waals surface area contributed by atoms with Crippen molar-refractivity contribution in [1.29, 1.82) is 0 Å². The summed E-state index contributed by atoms with van der Waals surface area (Å²) in [6.07, 6.45) is 0. The van der Waals surface area contributed by atoms with E-state index in [1.807, 2.05) is 0 Å². The first-order valence-corrected chi connectivity index (χ1v) is 6.80. The largest absolute Gasteiger partial charge is 0.489 e. The highest BCUT2D eigenvalue weighted by molar-refractivity contribution is 6.30. The zero-order chi connectivity index (χ0) is 15.9. The molecule has 2 amide bonds. The summed E-state index contributed by atoms with van der Waals surface area (Å²) in [6.45, 7) is 0.215. The lowest BCUT2D eigenvalue weighted by Crippen LogP contribution is -2.32. The minimum absolute atomic E-state index is 0.0522. The van der Waals surface area contributed by atoms with Crippen LogP contribution in [0.2, 0.25) is 5.02 Å². The highest BCUT2D eigenvalue weighted by Crippen LogP contribution is 2.17. The molecule has 0 aliphatic carbocycles. The van der Waals surface area contributed by atoms with Gasteiger partial charge in [-0.2, -0.15) is 0 Å². The van der Waals surface area contributed by atoms with E-state index in [0.717, 1.165) is 12.1 Å². The number of halogens is 3. The van der Waals surface area contributed by atoms with Crippen LogP contribution >= 0.6 is 11.6 Å². The first-order valence-electron chi connectivity index (χ1n) is 6.43. The summed E-state index contributed by atoms with van der Waals surface area (Å²) in [5, 5.41) is 5.71. The van der Waals surface area contributed by atoms with Crippen LogP contribution in [0.1, 0.15) is 0 Å². The van der Waals surface area contributed by atoms with E-state index in [0.29, 0.717) is 10.7 Å². The van der Waals surface area contributed by atoms with Gasteiger partial charge in [0.1, 0.15) is 12.4 Å². The molecule has 0 spiro atoms. The van der Waals surface area contributed by atoms with E-state index in [-0.39, 0.29) is 18.9 Å². The van der Waals surface area contributed by atoms with Gasteiger partial charge < -0.3 is 15.4 Å². The average Bonchev–Trinajstić information content (AvgIpc) is 2.48. The van der Waals surface area contributed by atoms with Crippen LogP contribution in [0.15, 0.2) is 42.5 Å². The molecule has 4 nitrogen and oxygen atoms in total. The second kappa shape index (κ2) is 7.61. The molecule has 116 valence electrons. The van der Waals surface area contributed by atoms with Crippen molar-refractivity contribution in [2.75, 3.05) is 18.5 Å². The Hall–Kier alpha value is -2.34. The van der Waals surface area contributed by atoms with Crippen molar-refractivity contribution in [3.8, 4) is 5.75 Å². The molecule has 0 aliphatic rings. The second-order valence-electron chi connectivity index (χ2n) is 4.31. The number of hydrogen-bond acceptors (Lipinski definition) is 2. The SMILES string of the molecule is O=C(NCCOc1ccc(F)cc1F)Nc1ccc(Cl)cc1. The summed E-state index contributed by atoms with van der Waals surface area (Å²) in [4.78, 5) is 11.6. The van der Waals surface area contributed by atoms with Crippen molar-refractivity contribution < 1.29 is 18.3 Å². The van der Waals surface area contributed by atoms with Crippen molar-refractivity contribution in [3.05, 3.63) is 59.1 Å². The van der Waals surface area contributed by atoms with E-state index < -0.39 is 17.7 Å². The molecule has 0 heterocycles. The van der Waals surface area contributed by atoms with E-state index in [1.165, 1.54) is 6.07 Å². The third-order valence-corrected chi connectivity index (χ3v) is 2.89. The lowest BCUT2D eigenvalue weighted by atomic mass is 10.3. The molecule has 0 fully saturated rings. The summed E-state index contributed by atoms with van der Waals surface area (Å²) in [5.41, 5.74) is 0.590. The monoisotopic (exact) mass is 326 g/mol. The minimum atomic E-state index is -0.786. The van der Waals surface area contributed by atoms with Gasteiger partial charge in [0.2, 0.25) is 0 Å². The Bertz CT molecular complexity index is 650. The number of amides is 2. The number of urea groups is 1. The van der Waals surface area contributed by atoms with Gasteiger partial charge in [0.15, 0.2) is 11.6 Å². The second-order valence-corrected chi connectivity index (χ2v) is 4.75. The van der Waals surface area contributed by atoms with Crippen LogP contribution in [-0.4, -0.2) is 19.2 Å². The standard InChI is InChI=1S/C15H13ClF2N2O2/c16-10-1-4-12(5-2-10)20-15(21)19-7-8-22-14-6-3-11(17)9-13(14)18/h1-6,9H,7-8H2,(H2,19,20,21). The molecule has 0 atom stereocenters. The number of benzene rings is 2. The zero-order valence-electron chi connectivity index (χ0n) is 11.4. The van der Waals surface area contributed by atoms with Crippen molar-refractivity contribution in [1.82, 2.24) is 5.32 Å². The van der Waals surface area contributed by atoms with Crippen molar-refractivity contribution >= 4 is 23.3 Å². The third kappa shape index (κ3) is 4.89. The Labute approximate surface area is 131 Å². The molecule has 2 rings (SSSR count). The number of rotatable bonds is 5. The van der Waals surface area contributed by atoms with Gasteiger partial charge in [-0.1, -0.05) is 11.6 Å². The number of nitrogens with one attached hydrogen (secondary N) is 2. The molecule has 22 heavy (non-hydrogen) atoms. The Morgan fingerprint density at radius 3 is 2.55 bits per heavy atom. The fourth-order valence-corrected chi connectivity index (χ4v) is 1.75. The van der Waals surface area contributed by atoms with Gasteiger partial charge in [0.25, 0.3) is 0 Å². The summed E-state index contributed by atoms with van der Waals surface area (Å²) in [5.74, 6) is -1.53. The van der Waals surface area contributed by atoms with Gasteiger partial charge in [0.05, 0.1) is 6.54 Å². The Kier molecular flexibility index (Phi) is 5.55. The van der Waals surface area contributed by atoms with E-state index in [2.05, 4.69) is 10.6 Å². The summed E-state index contributed by atoms with van der Waals surface area (Å²) >= 11 is 5.73. The van der Waals surface area contributed by atoms with Crippen LogP contribution in [0.3, 0.4) is 0 Å². The van der Waals surface area contributed by atoms with Gasteiger partial charge in [0, 0.05) is 16.8 Å². The van der Waals surface area contributed by atoms with Crippen LogP contribution in [0.4, 0.5) is 19.3 Å². The number of carbonyl (C=O) groups excluding carboxylic acids is 1. The fraction of sp³-hybridized carbons (Fsp3) is 0.133. The average molecular weight is 327 g/mol. The molecule has 0 aliphatic heterocycles. The smallest absolute Gasteiger partial charge is 0.319 e. The highest BCUT2D eigenvalue weighted by atomic mass is 35.5. The minimum Gasteiger partial charge on any atom is -0.489 e. The van der Waals surface area contributed by atoms with Crippen molar-refractivity contribution in [2.24, 2.45) is 0 Å². The van der Waals surface area contributed by atoms with E-state index in [9.17, 15) is 13.6 Å². The molecule has 2 aromatic rings. The first-order chi connectivity index (χ1) is 10.5. The maximum atomic E-state index is 13.3. The fourth-order valence-electron chi connectivity index (χ4n) is 1.63. The molecule has 0 radical (unpaired) electrons. The lowest BCUT2D eigenvalue weighted by molar-refractivity contribution is 0.246. The molecular weight excluding hydrogens is 314 g/mol. The van der Waals surface area contributed by atoms with Gasteiger partial charge in [-0.15, -0.1) is 0 Å². The molecule has 7 heteroatoms. The molecule has 2 aromatic carbocycles. The van der Waals surface area contributed by atoms with Crippen LogP contribution in [0, 0.1) is 11.6 Å². The molecule has 2 N–H and O–H groups in total. The van der Waals surface area contributed by atoms with Crippen molar-refractivity contribution in [2.45, 2.75) is 0 Å². The first kappa shape index (κ1) is 16.0. The predicted octanol–water partition coefficient (Wildman–Crippen LogP) is 3.82. The molecule has 0 unspecified atom stereocenters. The van der Waals surface area contributed by atoms with Gasteiger partial charge >= 0.3 is 6.03 Å². The van der Waals surface area contributed by atoms with E-state index in [1.54, 1.807) is 24.3 Å². The topological polar surface area (TPSA) is 50.4 Å². The van der Waals surface area contributed by atoms with E-state index >= 15 is 0 Å². The predicted molar refractivity (Wildman–Crippen MR) is 80.3 cm³/mol. The third-order valence-electron chi connectivity index (χ3n) is 2.64. The quantitative estimate of drug-likeness (QED) is 0.821. The Morgan fingerprint density at radius 2 is 1.86 bits per heavy atom. The number of carbonyl (C=O) groups is 1. The molecule has 0 bridgehead atoms. The highest BCUT2D eigenvalue weighted by Gasteiger charge is 2.05. The lowest BCUT2D eigenvalue weighted by Gasteiger charge is -2.09. The van der Waals surface area contributed by atoms with Gasteiger partial charge in [-0.05, 0) is 36.4 Å². The zero-order valence-corrected chi connectivity index (χ0v) is 12.2. The molecule has 0 saturated heterocycles. The van der Waals surface area contributed by atoms with Gasteiger partial charge in [-0.25, -0.2) is 13.6 Å². The summed E-state index contributed by atoms with van der Waals surface area (Å²) < 4.78 is 31.1. The van der Waals surface area contributed by atoms with Crippen LogP contribution in [-0.2, 0) is 0 Å². The van der Waals surface area contributed by atoms with Gasteiger partial charge in [-0.3, -0.25) is 0 Å². The normalized spacial score (nSPS) is 10.1. The Balaban J connectivity index is 1.72. The summed E-state index contributed by atoms with van der Waals surface area (Å²) in [6, 6.07) is 9.21. The number of hydrogen-bond donors (Lipinski definition) is 2. The maximum Gasteiger partial charge on any atom is 0.319 e. The number of anilines is 1. The van der Waals surface area contributed by atoms with Crippen LogP contribution in [0.25, 0.3) is 0 Å². The number of ether oxygens (including phenoxy) is 1. The van der Waals surface area contributed by atoms with Crippen LogP contribution < -0.4 is 15.4 Å². The van der Waals surface area contributed by atoms with Crippen molar-refractivity contribution in [3.63, 3.8) is 0 Å². The van der Waals surface area contributed by atoms with Crippen LogP contribution in [0.5, 0.6) is 5.75 Å². The molecular formula is C15H13ClF2N2O2. The maximum absolute atomic E-state index is 13.3. The Morgan fingerprint density at radius 1 is 1.14 bits per heavy atom. The summed E-state index contributed by atoms with van der Waals surface area (Å²) in [7, 11) is 0.